The van der Waals surface area contributed by atoms with Crippen molar-refractivity contribution in [3.05, 3.63) is 35.3 Å². The highest BCUT2D eigenvalue weighted by Gasteiger charge is 2.26. The van der Waals surface area contributed by atoms with Crippen LogP contribution in [0.1, 0.15) is 30.5 Å². The summed E-state index contributed by atoms with van der Waals surface area (Å²) in [5.41, 5.74) is 2.11. The van der Waals surface area contributed by atoms with Gasteiger partial charge in [0.15, 0.2) is 0 Å². The summed E-state index contributed by atoms with van der Waals surface area (Å²) in [4.78, 5) is 16.8. The third kappa shape index (κ3) is 8.09. The average Bonchev–Trinajstić information content (AvgIpc) is 3.62. The minimum absolute atomic E-state index is 0.289. The number of hydrogen-bond acceptors (Lipinski definition) is 7. The van der Waals surface area contributed by atoms with Crippen molar-refractivity contribution in [2.24, 2.45) is 0 Å². The summed E-state index contributed by atoms with van der Waals surface area (Å²) >= 11 is 0. The Kier molecular flexibility index (Phi) is 11.0. The summed E-state index contributed by atoms with van der Waals surface area (Å²) in [5.74, 6) is 0.417. The van der Waals surface area contributed by atoms with Crippen LogP contribution in [-0.4, -0.2) is 76.4 Å². The van der Waals surface area contributed by atoms with E-state index in [1.807, 2.05) is 19.1 Å². The molecule has 178 valence electrons. The first kappa shape index (κ1) is 26.1. The third-order valence-corrected chi connectivity index (χ3v) is 5.22. The number of nitrogens with one attached hydrogen (secondary N) is 1. The van der Waals surface area contributed by atoms with Gasteiger partial charge >= 0.3 is 0 Å². The molecule has 3 rings (SSSR count). The second kappa shape index (κ2) is 13.4. The van der Waals surface area contributed by atoms with Crippen molar-refractivity contribution < 1.29 is 23.4 Å². The van der Waals surface area contributed by atoms with Crippen molar-refractivity contribution in [1.29, 1.82) is 0 Å². The number of halogens is 1. The molecule has 0 aliphatic heterocycles. The van der Waals surface area contributed by atoms with Gasteiger partial charge in [-0.15, -0.1) is 0 Å². The maximum absolute atomic E-state index is 14.4. The van der Waals surface area contributed by atoms with Crippen molar-refractivity contribution in [2.45, 2.75) is 44.9 Å². The van der Waals surface area contributed by atoms with Crippen molar-refractivity contribution in [1.82, 2.24) is 15.2 Å². The van der Waals surface area contributed by atoms with E-state index in [0.717, 1.165) is 29.4 Å². The maximum Gasteiger partial charge on any atom is 0.150 e. The maximum atomic E-state index is 14.4. The quantitative estimate of drug-likeness (QED) is 0.394. The van der Waals surface area contributed by atoms with Crippen molar-refractivity contribution in [3.63, 3.8) is 0 Å². The standard InChI is InChI=1S/C19H25FN2O2.C5H11NO2/c1-13-9-16-18(24-8-4-7-23-3)11-14(12-22(2)15-5-6-15)21-19(16)17(20)10-13;1-6-3-5(4-7)8-2/h9-11,15H,4-8,12H2,1-3H3;4-6H,3H2,1-2H3. The number of pyridine rings is 1. The van der Waals surface area contributed by atoms with Crippen LogP contribution in [-0.2, 0) is 20.8 Å². The van der Waals surface area contributed by atoms with Gasteiger partial charge in [0, 0.05) is 57.8 Å². The van der Waals surface area contributed by atoms with Crippen LogP contribution in [0.2, 0.25) is 0 Å². The highest BCUT2D eigenvalue weighted by atomic mass is 19.1. The zero-order valence-electron chi connectivity index (χ0n) is 19.8. The van der Waals surface area contributed by atoms with Crippen LogP contribution in [0.3, 0.4) is 0 Å². The van der Waals surface area contributed by atoms with Crippen molar-refractivity contribution in [2.75, 3.05) is 48.1 Å². The molecule has 1 aromatic heterocycles. The number of carbonyl (C=O) groups excluding carboxylic acids is 1. The van der Waals surface area contributed by atoms with Gasteiger partial charge in [0.25, 0.3) is 0 Å². The molecule has 1 fully saturated rings. The Balaban J connectivity index is 0.000000390. The predicted octanol–water partition coefficient (Wildman–Crippen LogP) is 3.11. The van der Waals surface area contributed by atoms with E-state index in [9.17, 15) is 9.18 Å². The largest absolute Gasteiger partial charge is 0.493 e. The number of ether oxygens (including phenoxy) is 3. The first-order valence-corrected chi connectivity index (χ1v) is 11.0. The number of likely N-dealkylation sites (N-methyl/N-ethyl adjacent to an activating group) is 1. The number of methoxy groups -OCH3 is 2. The molecular formula is C24H36FN3O4. The molecule has 1 saturated carbocycles. The zero-order valence-corrected chi connectivity index (χ0v) is 19.8. The molecule has 7 nitrogen and oxygen atoms in total. The Labute approximate surface area is 190 Å². The normalized spacial score (nSPS) is 14.2. The predicted molar refractivity (Wildman–Crippen MR) is 124 cm³/mol. The number of aromatic nitrogens is 1. The molecule has 0 saturated heterocycles. The van der Waals surface area contributed by atoms with E-state index in [1.54, 1.807) is 14.2 Å². The molecule has 1 heterocycles. The van der Waals surface area contributed by atoms with Gasteiger partial charge in [-0.3, -0.25) is 4.90 Å². The highest BCUT2D eigenvalue weighted by molar-refractivity contribution is 5.86. The Morgan fingerprint density at radius 1 is 1.28 bits per heavy atom. The number of hydrogen-bond donors (Lipinski definition) is 1. The van der Waals surface area contributed by atoms with Crippen LogP contribution in [0.25, 0.3) is 10.9 Å². The Hall–Kier alpha value is -2.13. The Bertz CT molecular complexity index is 861. The summed E-state index contributed by atoms with van der Waals surface area (Å²) < 4.78 is 30.1. The smallest absolute Gasteiger partial charge is 0.150 e. The molecule has 1 unspecified atom stereocenters. The molecule has 0 spiro atoms. The Morgan fingerprint density at radius 3 is 2.59 bits per heavy atom. The fraction of sp³-hybridized carbons (Fsp3) is 0.583. The fourth-order valence-corrected chi connectivity index (χ4v) is 3.31. The molecule has 1 aromatic carbocycles. The van der Waals surface area contributed by atoms with Gasteiger partial charge in [-0.1, -0.05) is 0 Å². The van der Waals surface area contributed by atoms with Gasteiger partial charge in [0.1, 0.15) is 29.5 Å². The second-order valence-corrected chi connectivity index (χ2v) is 8.06. The summed E-state index contributed by atoms with van der Waals surface area (Å²) in [6.45, 7) is 4.36. The van der Waals surface area contributed by atoms with E-state index in [1.165, 1.54) is 26.0 Å². The highest BCUT2D eigenvalue weighted by Crippen LogP contribution is 2.31. The van der Waals surface area contributed by atoms with Crippen molar-refractivity contribution >= 4 is 17.2 Å². The molecule has 32 heavy (non-hydrogen) atoms. The van der Waals surface area contributed by atoms with Gasteiger partial charge in [0.2, 0.25) is 0 Å². The molecule has 1 aliphatic rings. The SMILES string of the molecule is CNCC(C=O)OC.COCCCOc1cc(CN(C)C2CC2)nc2c(F)cc(C)cc12. The van der Waals surface area contributed by atoms with Gasteiger partial charge in [-0.25, -0.2) is 9.37 Å². The monoisotopic (exact) mass is 449 g/mol. The lowest BCUT2D eigenvalue weighted by atomic mass is 10.1. The molecule has 2 aromatic rings. The first-order valence-electron chi connectivity index (χ1n) is 11.0. The van der Waals surface area contributed by atoms with Gasteiger partial charge in [0.05, 0.1) is 12.3 Å². The average molecular weight is 450 g/mol. The molecule has 1 N–H and O–H groups in total. The minimum Gasteiger partial charge on any atom is -0.493 e. The molecule has 1 atom stereocenters. The lowest BCUT2D eigenvalue weighted by Crippen LogP contribution is -2.26. The van der Waals surface area contributed by atoms with Gasteiger partial charge in [-0.05, 0) is 51.6 Å². The molecule has 0 amide bonds. The molecule has 0 bridgehead atoms. The summed E-state index contributed by atoms with van der Waals surface area (Å²) in [5, 5.41) is 3.55. The summed E-state index contributed by atoms with van der Waals surface area (Å²) in [6.07, 6.45) is 3.75. The van der Waals surface area contributed by atoms with Gasteiger partial charge < -0.3 is 24.3 Å². The number of nitrogens with zero attached hydrogens (tertiary/aromatic N) is 2. The second-order valence-electron chi connectivity index (χ2n) is 8.06. The fourth-order valence-electron chi connectivity index (χ4n) is 3.31. The van der Waals surface area contributed by atoms with E-state index in [4.69, 9.17) is 14.2 Å². The third-order valence-electron chi connectivity index (χ3n) is 5.22. The Morgan fingerprint density at radius 2 is 2.03 bits per heavy atom. The topological polar surface area (TPSA) is 72.9 Å². The molecule has 1 aliphatic carbocycles. The van der Waals surface area contributed by atoms with E-state index >= 15 is 0 Å². The number of fused-ring (bicyclic) bond motifs is 1. The van der Waals surface area contributed by atoms with Crippen LogP contribution in [0.4, 0.5) is 4.39 Å². The summed E-state index contributed by atoms with van der Waals surface area (Å²) in [6, 6.07) is 6.05. The van der Waals surface area contributed by atoms with Crippen LogP contribution < -0.4 is 10.1 Å². The van der Waals surface area contributed by atoms with E-state index in [2.05, 4.69) is 22.2 Å². The van der Waals surface area contributed by atoms with Crippen LogP contribution >= 0.6 is 0 Å². The molecule has 8 heteroatoms. The number of aryl methyl sites for hydroxylation is 1. The lowest BCUT2D eigenvalue weighted by molar-refractivity contribution is -0.116. The number of rotatable bonds is 12. The van der Waals surface area contributed by atoms with E-state index < -0.39 is 0 Å². The van der Waals surface area contributed by atoms with Crippen LogP contribution in [0.5, 0.6) is 5.75 Å². The number of carbonyl (C=O) groups is 1. The molecule has 0 radical (unpaired) electrons. The number of benzene rings is 1. The number of aldehydes is 1. The lowest BCUT2D eigenvalue weighted by Gasteiger charge is -2.17. The summed E-state index contributed by atoms with van der Waals surface area (Å²) in [7, 11) is 7.05. The van der Waals surface area contributed by atoms with Crippen LogP contribution in [0.15, 0.2) is 18.2 Å². The van der Waals surface area contributed by atoms with Crippen molar-refractivity contribution in [3.8, 4) is 5.75 Å². The van der Waals surface area contributed by atoms with E-state index in [-0.39, 0.29) is 11.9 Å². The minimum atomic E-state index is -0.292. The van der Waals surface area contributed by atoms with Crippen LogP contribution in [0, 0.1) is 12.7 Å². The first-order chi connectivity index (χ1) is 15.4. The zero-order chi connectivity index (χ0) is 23.5. The van der Waals surface area contributed by atoms with E-state index in [0.29, 0.717) is 43.6 Å². The molecular weight excluding hydrogens is 413 g/mol. The van der Waals surface area contributed by atoms with Gasteiger partial charge in [-0.2, -0.15) is 0 Å².